The predicted molar refractivity (Wildman–Crippen MR) is 53.3 cm³/mol. The van der Waals surface area contributed by atoms with E-state index in [1.165, 1.54) is 12.5 Å². The molecule has 1 aromatic rings. The number of hydrogen-bond donors (Lipinski definition) is 2. The second kappa shape index (κ2) is 5.46. The summed E-state index contributed by atoms with van der Waals surface area (Å²) in [5.41, 5.74) is 0.312. The number of halogens is 2. The second-order valence-electron chi connectivity index (χ2n) is 2.76. The lowest BCUT2D eigenvalue weighted by Gasteiger charge is -2.16. The van der Waals surface area contributed by atoms with Crippen molar-refractivity contribution in [2.45, 2.75) is 18.6 Å². The van der Waals surface area contributed by atoms with Gasteiger partial charge >= 0.3 is 0 Å². The molecular formula is C8H10Cl2N2O2. The molecule has 78 valence electrons. The van der Waals surface area contributed by atoms with Gasteiger partial charge in [-0.1, -0.05) is 11.6 Å². The Morgan fingerprint density at radius 2 is 2.14 bits per heavy atom. The van der Waals surface area contributed by atoms with Gasteiger partial charge in [0.25, 0.3) is 0 Å². The number of aliphatic hydroxyl groups excluding tert-OH is 2. The number of nitrogens with zero attached hydrogens (tertiary/aromatic N) is 2. The van der Waals surface area contributed by atoms with E-state index < -0.39 is 12.2 Å². The van der Waals surface area contributed by atoms with Crippen molar-refractivity contribution in [3.63, 3.8) is 0 Å². The maximum Gasteiger partial charge on any atom is 0.138 e. The molecule has 0 bridgehead atoms. The molecule has 0 amide bonds. The molecule has 2 atom stereocenters. The van der Waals surface area contributed by atoms with Crippen LogP contribution in [0.25, 0.3) is 0 Å². The van der Waals surface area contributed by atoms with Crippen molar-refractivity contribution in [3.05, 3.63) is 23.2 Å². The fourth-order valence-electron chi connectivity index (χ4n) is 1.00. The molecule has 2 N–H and O–H groups in total. The lowest BCUT2D eigenvalue weighted by atomic mass is 10.1. The van der Waals surface area contributed by atoms with E-state index >= 15 is 0 Å². The van der Waals surface area contributed by atoms with Gasteiger partial charge in [0, 0.05) is 17.6 Å². The van der Waals surface area contributed by atoms with E-state index in [9.17, 15) is 10.2 Å². The van der Waals surface area contributed by atoms with Gasteiger partial charge in [-0.25, -0.2) is 9.97 Å². The number of alkyl halides is 1. The summed E-state index contributed by atoms with van der Waals surface area (Å²) in [4.78, 5) is 7.40. The molecule has 0 aliphatic heterocycles. The zero-order valence-electron chi connectivity index (χ0n) is 7.27. The van der Waals surface area contributed by atoms with Gasteiger partial charge in [-0.2, -0.15) is 0 Å². The van der Waals surface area contributed by atoms with Gasteiger partial charge < -0.3 is 10.2 Å². The molecule has 0 radical (unpaired) electrons. The fourth-order valence-corrected chi connectivity index (χ4v) is 1.43. The van der Waals surface area contributed by atoms with Gasteiger partial charge in [-0.05, 0) is 6.42 Å². The Kier molecular flexibility index (Phi) is 4.54. The summed E-state index contributed by atoms with van der Waals surface area (Å²) < 4.78 is 0. The first-order chi connectivity index (χ1) is 6.66. The van der Waals surface area contributed by atoms with Crippen molar-refractivity contribution in [3.8, 4) is 0 Å². The lowest BCUT2D eigenvalue weighted by Crippen LogP contribution is -2.19. The van der Waals surface area contributed by atoms with Crippen LogP contribution >= 0.6 is 23.2 Å². The quantitative estimate of drug-likeness (QED) is 0.609. The first-order valence-electron chi connectivity index (χ1n) is 4.04. The summed E-state index contributed by atoms with van der Waals surface area (Å²) in [7, 11) is 0. The van der Waals surface area contributed by atoms with Crippen molar-refractivity contribution in [1.82, 2.24) is 9.97 Å². The Hall–Kier alpha value is -0.420. The lowest BCUT2D eigenvalue weighted by molar-refractivity contribution is 0.0166. The van der Waals surface area contributed by atoms with Crippen LogP contribution in [0.4, 0.5) is 0 Å². The van der Waals surface area contributed by atoms with E-state index in [0.29, 0.717) is 5.56 Å². The van der Waals surface area contributed by atoms with Crippen LogP contribution in [0.5, 0.6) is 0 Å². The third kappa shape index (κ3) is 2.78. The molecule has 4 nitrogen and oxygen atoms in total. The SMILES string of the molecule is OC(CCCl)C(O)c1cncnc1Cl. The Labute approximate surface area is 91.5 Å². The average molecular weight is 237 g/mol. The molecule has 0 aliphatic carbocycles. The van der Waals surface area contributed by atoms with Crippen LogP contribution in [0, 0.1) is 0 Å². The van der Waals surface area contributed by atoms with E-state index in [2.05, 4.69) is 9.97 Å². The van der Waals surface area contributed by atoms with Gasteiger partial charge in [0.1, 0.15) is 17.6 Å². The average Bonchev–Trinajstić information content (AvgIpc) is 2.18. The molecule has 0 aliphatic rings. The van der Waals surface area contributed by atoms with Crippen LogP contribution in [-0.2, 0) is 0 Å². The van der Waals surface area contributed by atoms with E-state index in [1.807, 2.05) is 0 Å². The van der Waals surface area contributed by atoms with Crippen molar-refractivity contribution < 1.29 is 10.2 Å². The van der Waals surface area contributed by atoms with Gasteiger partial charge in [-0.3, -0.25) is 0 Å². The monoisotopic (exact) mass is 236 g/mol. The van der Waals surface area contributed by atoms with Gasteiger partial charge in [0.05, 0.1) is 6.10 Å². The topological polar surface area (TPSA) is 66.2 Å². The van der Waals surface area contributed by atoms with Crippen LogP contribution in [0.15, 0.2) is 12.5 Å². The standard InChI is InChI=1S/C8H10Cl2N2O2/c9-2-1-6(13)7(14)5-3-11-4-12-8(5)10/h3-4,6-7,13-14H,1-2H2. The molecule has 14 heavy (non-hydrogen) atoms. The van der Waals surface area contributed by atoms with Crippen molar-refractivity contribution in [1.29, 1.82) is 0 Å². The third-order valence-electron chi connectivity index (χ3n) is 1.78. The zero-order valence-corrected chi connectivity index (χ0v) is 8.78. The summed E-state index contributed by atoms with van der Waals surface area (Å²) in [6, 6.07) is 0. The van der Waals surface area contributed by atoms with Gasteiger partial charge in [-0.15, -0.1) is 11.6 Å². The summed E-state index contributed by atoms with van der Waals surface area (Å²) in [6.45, 7) is 0. The van der Waals surface area contributed by atoms with Crippen molar-refractivity contribution in [2.75, 3.05) is 5.88 Å². The number of aromatic nitrogens is 2. The van der Waals surface area contributed by atoms with E-state index in [4.69, 9.17) is 23.2 Å². The van der Waals surface area contributed by atoms with Crippen molar-refractivity contribution in [2.24, 2.45) is 0 Å². The molecule has 0 fully saturated rings. The number of aliphatic hydroxyl groups is 2. The fraction of sp³-hybridized carbons (Fsp3) is 0.500. The number of hydrogen-bond acceptors (Lipinski definition) is 4. The van der Waals surface area contributed by atoms with Crippen LogP contribution in [0.3, 0.4) is 0 Å². The molecule has 1 rings (SSSR count). The Morgan fingerprint density at radius 3 is 2.71 bits per heavy atom. The Balaban J connectivity index is 2.78. The largest absolute Gasteiger partial charge is 0.390 e. The van der Waals surface area contributed by atoms with E-state index in [1.54, 1.807) is 0 Å². The number of rotatable bonds is 4. The maximum absolute atomic E-state index is 9.63. The highest BCUT2D eigenvalue weighted by molar-refractivity contribution is 6.30. The third-order valence-corrected chi connectivity index (χ3v) is 2.31. The Bertz CT molecular complexity index is 298. The van der Waals surface area contributed by atoms with Crippen LogP contribution < -0.4 is 0 Å². The van der Waals surface area contributed by atoms with Crippen LogP contribution in [0.2, 0.25) is 5.15 Å². The van der Waals surface area contributed by atoms with Gasteiger partial charge in [0.15, 0.2) is 0 Å². The summed E-state index contributed by atoms with van der Waals surface area (Å²) >= 11 is 11.1. The maximum atomic E-state index is 9.63. The molecule has 0 aromatic carbocycles. The predicted octanol–water partition coefficient (Wildman–Crippen LogP) is 1.15. The second-order valence-corrected chi connectivity index (χ2v) is 3.49. The molecular weight excluding hydrogens is 227 g/mol. The highest BCUT2D eigenvalue weighted by Gasteiger charge is 2.20. The van der Waals surface area contributed by atoms with Crippen LogP contribution in [0.1, 0.15) is 18.1 Å². The highest BCUT2D eigenvalue weighted by atomic mass is 35.5. The Morgan fingerprint density at radius 1 is 1.43 bits per heavy atom. The minimum absolute atomic E-state index is 0.140. The molecule has 0 spiro atoms. The smallest absolute Gasteiger partial charge is 0.138 e. The summed E-state index contributed by atoms with van der Waals surface area (Å²) in [6.07, 6.45) is 0.885. The zero-order chi connectivity index (χ0) is 10.6. The normalized spacial score (nSPS) is 15.1. The molecule has 1 aromatic heterocycles. The summed E-state index contributed by atoms with van der Waals surface area (Å²) in [5, 5.41) is 19.2. The highest BCUT2D eigenvalue weighted by Crippen LogP contribution is 2.23. The van der Waals surface area contributed by atoms with Crippen LogP contribution in [-0.4, -0.2) is 32.2 Å². The minimum Gasteiger partial charge on any atom is -0.390 e. The first-order valence-corrected chi connectivity index (χ1v) is 4.95. The van der Waals surface area contributed by atoms with Gasteiger partial charge in [0.2, 0.25) is 0 Å². The molecule has 2 unspecified atom stereocenters. The first kappa shape index (κ1) is 11.7. The molecule has 0 saturated heterocycles. The molecule has 6 heteroatoms. The van der Waals surface area contributed by atoms with E-state index in [0.717, 1.165) is 0 Å². The van der Waals surface area contributed by atoms with E-state index in [-0.39, 0.29) is 17.5 Å². The van der Waals surface area contributed by atoms with Crippen molar-refractivity contribution >= 4 is 23.2 Å². The molecule has 1 heterocycles. The minimum atomic E-state index is -1.09. The summed E-state index contributed by atoms with van der Waals surface area (Å²) in [5.74, 6) is 0.267. The molecule has 0 saturated carbocycles.